The molecule has 30 heavy (non-hydrogen) atoms. The van der Waals surface area contributed by atoms with Gasteiger partial charge in [-0.3, -0.25) is 14.5 Å². The summed E-state index contributed by atoms with van der Waals surface area (Å²) in [5, 5.41) is 5.37. The number of nitrogens with zero attached hydrogens (tertiary/aromatic N) is 1. The van der Waals surface area contributed by atoms with E-state index in [1.807, 2.05) is 27.7 Å². The van der Waals surface area contributed by atoms with E-state index in [2.05, 4.69) is 15.5 Å². The predicted molar refractivity (Wildman–Crippen MR) is 111 cm³/mol. The molecule has 1 saturated heterocycles. The molecule has 0 saturated carbocycles. The second-order valence-corrected chi connectivity index (χ2v) is 8.98. The van der Waals surface area contributed by atoms with Gasteiger partial charge in [0, 0.05) is 25.2 Å². The van der Waals surface area contributed by atoms with Crippen molar-refractivity contribution in [2.45, 2.75) is 65.3 Å². The maximum Gasteiger partial charge on any atom is 0.257 e. The Balaban J connectivity index is 2.04. The molecular formula is C22H33F2N3O3. The Morgan fingerprint density at radius 2 is 1.70 bits per heavy atom. The number of benzene rings is 1. The van der Waals surface area contributed by atoms with Crippen molar-refractivity contribution in [3.05, 3.63) is 35.4 Å². The number of carbonyl (C=O) groups excluding carboxylic acids is 2. The van der Waals surface area contributed by atoms with Gasteiger partial charge in [-0.25, -0.2) is 8.78 Å². The Morgan fingerprint density at radius 3 is 2.20 bits per heavy atom. The molecule has 0 radical (unpaired) electrons. The summed E-state index contributed by atoms with van der Waals surface area (Å²) in [5.41, 5.74) is -1.02. The van der Waals surface area contributed by atoms with Crippen molar-refractivity contribution in [3.63, 3.8) is 0 Å². The number of halogens is 2. The smallest absolute Gasteiger partial charge is 0.257 e. The van der Waals surface area contributed by atoms with Crippen LogP contribution in [0.2, 0.25) is 0 Å². The monoisotopic (exact) mass is 425 g/mol. The van der Waals surface area contributed by atoms with E-state index >= 15 is 0 Å². The number of ether oxygens (including phenoxy) is 1. The van der Waals surface area contributed by atoms with Crippen LogP contribution in [-0.2, 0) is 9.53 Å². The van der Waals surface area contributed by atoms with Gasteiger partial charge in [-0.1, -0.05) is 19.9 Å². The van der Waals surface area contributed by atoms with E-state index < -0.39 is 35.1 Å². The van der Waals surface area contributed by atoms with Crippen LogP contribution in [0.15, 0.2) is 18.2 Å². The molecule has 0 unspecified atom stereocenters. The SMILES string of the molecule is CC(C)[C@H](NC(=O)c1c(F)cccc1F)C(=O)NCC(C)(C)N1C[C@@H](C)O[C@H](C)C1. The second-order valence-electron chi connectivity index (χ2n) is 8.98. The summed E-state index contributed by atoms with van der Waals surface area (Å²) in [6.45, 7) is 13.5. The van der Waals surface area contributed by atoms with Crippen LogP contribution >= 0.6 is 0 Å². The molecule has 0 bridgehead atoms. The third-order valence-electron chi connectivity index (χ3n) is 5.40. The van der Waals surface area contributed by atoms with Crippen molar-refractivity contribution in [2.24, 2.45) is 5.92 Å². The van der Waals surface area contributed by atoms with E-state index in [9.17, 15) is 18.4 Å². The second kappa shape index (κ2) is 9.83. The highest BCUT2D eigenvalue weighted by atomic mass is 19.1. The van der Waals surface area contributed by atoms with Crippen LogP contribution in [0.4, 0.5) is 8.78 Å². The van der Waals surface area contributed by atoms with Crippen LogP contribution in [0.1, 0.15) is 51.9 Å². The fourth-order valence-corrected chi connectivity index (χ4v) is 3.66. The molecule has 1 aromatic carbocycles. The molecular weight excluding hydrogens is 392 g/mol. The zero-order chi connectivity index (χ0) is 22.6. The van der Waals surface area contributed by atoms with Crippen molar-refractivity contribution in [2.75, 3.05) is 19.6 Å². The molecule has 1 aliphatic heterocycles. The van der Waals surface area contributed by atoms with E-state index in [1.165, 1.54) is 6.07 Å². The Bertz CT molecular complexity index is 740. The Kier molecular flexibility index (Phi) is 7.93. The van der Waals surface area contributed by atoms with Gasteiger partial charge < -0.3 is 15.4 Å². The van der Waals surface area contributed by atoms with Gasteiger partial charge in [0.2, 0.25) is 5.91 Å². The minimum Gasteiger partial charge on any atom is -0.373 e. The van der Waals surface area contributed by atoms with Crippen LogP contribution in [0.3, 0.4) is 0 Å². The van der Waals surface area contributed by atoms with Gasteiger partial charge in [-0.2, -0.15) is 0 Å². The average Bonchev–Trinajstić information content (AvgIpc) is 2.63. The normalized spacial score (nSPS) is 21.4. The van der Waals surface area contributed by atoms with Crippen molar-refractivity contribution >= 4 is 11.8 Å². The van der Waals surface area contributed by atoms with Crippen LogP contribution in [0.5, 0.6) is 0 Å². The first-order valence-electron chi connectivity index (χ1n) is 10.4. The molecule has 1 aromatic rings. The van der Waals surface area contributed by atoms with Crippen LogP contribution in [0.25, 0.3) is 0 Å². The minimum atomic E-state index is -0.966. The minimum absolute atomic E-state index is 0.0992. The Morgan fingerprint density at radius 1 is 1.17 bits per heavy atom. The van der Waals surface area contributed by atoms with Crippen molar-refractivity contribution in [1.82, 2.24) is 15.5 Å². The maximum atomic E-state index is 13.9. The topological polar surface area (TPSA) is 70.7 Å². The van der Waals surface area contributed by atoms with Crippen LogP contribution in [0, 0.1) is 17.6 Å². The molecule has 168 valence electrons. The highest BCUT2D eigenvalue weighted by Crippen LogP contribution is 2.21. The van der Waals surface area contributed by atoms with E-state index in [0.29, 0.717) is 6.54 Å². The number of rotatable bonds is 7. The van der Waals surface area contributed by atoms with Gasteiger partial charge in [0.25, 0.3) is 5.91 Å². The lowest BCUT2D eigenvalue weighted by Crippen LogP contribution is -2.60. The third kappa shape index (κ3) is 5.98. The lowest BCUT2D eigenvalue weighted by molar-refractivity contribution is -0.125. The van der Waals surface area contributed by atoms with E-state index in [4.69, 9.17) is 4.74 Å². The van der Waals surface area contributed by atoms with E-state index in [-0.39, 0.29) is 23.7 Å². The van der Waals surface area contributed by atoms with Gasteiger partial charge in [-0.15, -0.1) is 0 Å². The number of hydrogen-bond donors (Lipinski definition) is 2. The number of hydrogen-bond acceptors (Lipinski definition) is 4. The summed E-state index contributed by atoms with van der Waals surface area (Å²) in [6, 6.07) is 2.28. The molecule has 0 aromatic heterocycles. The summed E-state index contributed by atoms with van der Waals surface area (Å²) in [6.07, 6.45) is 0.198. The van der Waals surface area contributed by atoms with Crippen LogP contribution < -0.4 is 10.6 Å². The molecule has 1 heterocycles. The quantitative estimate of drug-likeness (QED) is 0.705. The molecule has 0 spiro atoms. The first-order valence-corrected chi connectivity index (χ1v) is 10.4. The number of nitrogens with one attached hydrogen (secondary N) is 2. The summed E-state index contributed by atoms with van der Waals surface area (Å²) in [7, 11) is 0. The first kappa shape index (κ1) is 24.2. The third-order valence-corrected chi connectivity index (χ3v) is 5.40. The van der Waals surface area contributed by atoms with E-state index in [0.717, 1.165) is 25.2 Å². The van der Waals surface area contributed by atoms with Gasteiger partial charge in [0.05, 0.1) is 12.2 Å². The molecule has 2 rings (SSSR count). The number of carbonyl (C=O) groups is 2. The fraction of sp³-hybridized carbons (Fsp3) is 0.636. The fourth-order valence-electron chi connectivity index (χ4n) is 3.66. The molecule has 6 nitrogen and oxygen atoms in total. The largest absolute Gasteiger partial charge is 0.373 e. The van der Waals surface area contributed by atoms with Gasteiger partial charge >= 0.3 is 0 Å². The molecule has 2 amide bonds. The number of morpholine rings is 1. The summed E-state index contributed by atoms with van der Waals surface area (Å²) in [5.74, 6) is -3.54. The van der Waals surface area contributed by atoms with Crippen LogP contribution in [-0.4, -0.2) is 60.1 Å². The summed E-state index contributed by atoms with van der Waals surface area (Å²) < 4.78 is 33.6. The standard InChI is InChI=1S/C22H33F2N3O3/c1-13(2)19(26-20(28)18-16(23)8-7-9-17(18)24)21(29)25-12-22(5,6)27-10-14(3)30-15(4)11-27/h7-9,13-15,19H,10-12H2,1-6H3,(H,25,29)(H,26,28)/t14-,15-,19+/m1/s1. The molecule has 8 heteroatoms. The lowest BCUT2D eigenvalue weighted by Gasteiger charge is -2.45. The molecule has 1 aliphatic rings. The Labute approximate surface area is 177 Å². The zero-order valence-corrected chi connectivity index (χ0v) is 18.6. The van der Waals surface area contributed by atoms with Crippen molar-refractivity contribution in [3.8, 4) is 0 Å². The molecule has 3 atom stereocenters. The highest BCUT2D eigenvalue weighted by molar-refractivity contribution is 5.98. The van der Waals surface area contributed by atoms with Gasteiger partial charge in [-0.05, 0) is 45.7 Å². The Hall–Kier alpha value is -2.06. The molecule has 1 fully saturated rings. The molecule has 0 aliphatic carbocycles. The van der Waals surface area contributed by atoms with Gasteiger partial charge in [0.1, 0.15) is 23.2 Å². The predicted octanol–water partition coefficient (Wildman–Crippen LogP) is 2.72. The zero-order valence-electron chi connectivity index (χ0n) is 18.6. The summed E-state index contributed by atoms with van der Waals surface area (Å²) >= 11 is 0. The van der Waals surface area contributed by atoms with E-state index in [1.54, 1.807) is 13.8 Å². The van der Waals surface area contributed by atoms with Crippen molar-refractivity contribution in [1.29, 1.82) is 0 Å². The molecule has 2 N–H and O–H groups in total. The average molecular weight is 426 g/mol. The maximum absolute atomic E-state index is 13.9. The summed E-state index contributed by atoms with van der Waals surface area (Å²) in [4.78, 5) is 27.5. The highest BCUT2D eigenvalue weighted by Gasteiger charge is 2.34. The van der Waals surface area contributed by atoms with Crippen molar-refractivity contribution < 1.29 is 23.1 Å². The lowest BCUT2D eigenvalue weighted by atomic mass is 9.98. The first-order chi connectivity index (χ1) is 13.9. The number of amides is 2. The van der Waals surface area contributed by atoms with Gasteiger partial charge in [0.15, 0.2) is 0 Å².